The van der Waals surface area contributed by atoms with E-state index in [-0.39, 0.29) is 5.91 Å². The molecule has 17 heavy (non-hydrogen) atoms. The van der Waals surface area contributed by atoms with Gasteiger partial charge >= 0.3 is 5.97 Å². The molecule has 5 nitrogen and oxygen atoms in total. The zero-order valence-corrected chi connectivity index (χ0v) is 9.59. The van der Waals surface area contributed by atoms with Gasteiger partial charge in [0.25, 0.3) is 0 Å². The lowest BCUT2D eigenvalue weighted by molar-refractivity contribution is -0.153. The summed E-state index contributed by atoms with van der Waals surface area (Å²) in [6.45, 7) is 0.391. The van der Waals surface area contributed by atoms with Gasteiger partial charge in [-0.2, -0.15) is 0 Å². The van der Waals surface area contributed by atoms with E-state index in [4.69, 9.17) is 5.11 Å². The first-order valence-corrected chi connectivity index (χ1v) is 5.44. The molecule has 0 aliphatic heterocycles. The van der Waals surface area contributed by atoms with Crippen molar-refractivity contribution in [1.82, 2.24) is 9.88 Å². The van der Waals surface area contributed by atoms with Crippen LogP contribution >= 0.6 is 0 Å². The molecule has 1 heterocycles. The summed E-state index contributed by atoms with van der Waals surface area (Å²) >= 11 is 0. The molecule has 1 N–H and O–H groups in total. The van der Waals surface area contributed by atoms with Crippen LogP contribution in [0.5, 0.6) is 0 Å². The smallest absolute Gasteiger partial charge is 0.319 e. The Morgan fingerprint density at radius 3 is 2.71 bits per heavy atom. The van der Waals surface area contributed by atoms with Gasteiger partial charge < -0.3 is 10.0 Å². The summed E-state index contributed by atoms with van der Waals surface area (Å²) in [6, 6.07) is 3.65. The highest BCUT2D eigenvalue weighted by molar-refractivity contribution is 6.04. The van der Waals surface area contributed by atoms with Crippen LogP contribution in [-0.2, 0) is 16.1 Å². The molecular weight excluding hydrogens is 220 g/mol. The van der Waals surface area contributed by atoms with Crippen molar-refractivity contribution in [3.8, 4) is 0 Å². The second kappa shape index (κ2) is 4.16. The fourth-order valence-electron chi connectivity index (χ4n) is 1.85. The number of rotatable bonds is 4. The molecule has 0 atom stereocenters. The predicted molar refractivity (Wildman–Crippen MR) is 60.0 cm³/mol. The largest absolute Gasteiger partial charge is 0.480 e. The lowest BCUT2D eigenvalue weighted by Gasteiger charge is -2.20. The van der Waals surface area contributed by atoms with Crippen LogP contribution in [0.4, 0.5) is 0 Å². The number of aliphatic carboxylic acids is 1. The van der Waals surface area contributed by atoms with Gasteiger partial charge in [-0.05, 0) is 24.5 Å². The zero-order valence-electron chi connectivity index (χ0n) is 9.59. The molecule has 1 aromatic heterocycles. The first-order chi connectivity index (χ1) is 8.06. The van der Waals surface area contributed by atoms with Crippen LogP contribution in [0, 0.1) is 5.41 Å². The second-order valence-electron chi connectivity index (χ2n) is 4.41. The van der Waals surface area contributed by atoms with Gasteiger partial charge in [-0.3, -0.25) is 14.6 Å². The fourth-order valence-corrected chi connectivity index (χ4v) is 1.85. The van der Waals surface area contributed by atoms with Crippen LogP contribution in [0.2, 0.25) is 0 Å². The van der Waals surface area contributed by atoms with Crippen molar-refractivity contribution in [3.05, 3.63) is 30.1 Å². The van der Waals surface area contributed by atoms with E-state index in [9.17, 15) is 9.59 Å². The summed E-state index contributed by atoms with van der Waals surface area (Å²) in [5.41, 5.74) is -0.263. The third-order valence-corrected chi connectivity index (χ3v) is 3.06. The first kappa shape index (κ1) is 11.6. The molecule has 0 radical (unpaired) electrons. The van der Waals surface area contributed by atoms with Crippen LogP contribution in [0.3, 0.4) is 0 Å². The minimum Gasteiger partial charge on any atom is -0.480 e. The lowest BCUT2D eigenvalue weighted by Crippen LogP contribution is -2.38. The maximum Gasteiger partial charge on any atom is 0.319 e. The molecular formula is C12H14N2O3. The molecule has 0 aromatic carbocycles. The molecule has 90 valence electrons. The number of carboxylic acids is 1. The summed E-state index contributed by atoms with van der Waals surface area (Å²) in [5.74, 6) is -1.32. The summed E-state index contributed by atoms with van der Waals surface area (Å²) in [7, 11) is 1.62. The average Bonchev–Trinajstić information content (AvgIpc) is 3.10. The molecule has 1 saturated carbocycles. The normalized spacial score (nSPS) is 16.3. The average molecular weight is 234 g/mol. The summed E-state index contributed by atoms with van der Waals surface area (Å²) in [5, 5.41) is 9.03. The van der Waals surface area contributed by atoms with E-state index in [1.54, 1.807) is 25.5 Å². The molecule has 1 fully saturated rings. The number of carbonyl (C=O) groups excluding carboxylic acids is 1. The van der Waals surface area contributed by atoms with Crippen LogP contribution in [0.1, 0.15) is 18.4 Å². The Labute approximate surface area is 99.1 Å². The molecule has 0 spiro atoms. The van der Waals surface area contributed by atoms with E-state index >= 15 is 0 Å². The van der Waals surface area contributed by atoms with E-state index in [2.05, 4.69) is 4.98 Å². The van der Waals surface area contributed by atoms with E-state index in [1.165, 1.54) is 4.90 Å². The monoisotopic (exact) mass is 234 g/mol. The van der Waals surface area contributed by atoms with Crippen LogP contribution < -0.4 is 0 Å². The van der Waals surface area contributed by atoms with E-state index < -0.39 is 11.4 Å². The van der Waals surface area contributed by atoms with Crippen molar-refractivity contribution in [3.63, 3.8) is 0 Å². The van der Waals surface area contributed by atoms with Crippen molar-refractivity contribution in [2.24, 2.45) is 5.41 Å². The molecule has 1 aromatic rings. The minimum atomic E-state index is -1.16. The SMILES string of the molecule is CN(Cc1cccnc1)C(=O)C1(C(=O)O)CC1. The van der Waals surface area contributed by atoms with Gasteiger partial charge in [0.1, 0.15) is 5.41 Å². The Kier molecular flexibility index (Phi) is 2.83. The Balaban J connectivity index is 2.04. The number of hydrogen-bond donors (Lipinski definition) is 1. The quantitative estimate of drug-likeness (QED) is 0.786. The van der Waals surface area contributed by atoms with Crippen molar-refractivity contribution >= 4 is 11.9 Å². The van der Waals surface area contributed by atoms with Crippen molar-refractivity contribution < 1.29 is 14.7 Å². The van der Waals surface area contributed by atoms with E-state index in [0.29, 0.717) is 19.4 Å². The molecule has 1 amide bonds. The standard InChI is InChI=1S/C12H14N2O3/c1-14(8-9-3-2-6-13-7-9)10(15)12(4-5-12)11(16)17/h2-3,6-7H,4-5,8H2,1H3,(H,16,17). The van der Waals surface area contributed by atoms with Gasteiger partial charge in [0, 0.05) is 26.0 Å². The maximum atomic E-state index is 12.0. The van der Waals surface area contributed by atoms with Gasteiger partial charge in [-0.25, -0.2) is 0 Å². The molecule has 2 rings (SSSR count). The zero-order chi connectivity index (χ0) is 12.5. The molecule has 0 unspecified atom stereocenters. The number of carboxylic acid groups (broad SMARTS) is 1. The van der Waals surface area contributed by atoms with Gasteiger partial charge in [-0.15, -0.1) is 0 Å². The summed E-state index contributed by atoms with van der Waals surface area (Å²) < 4.78 is 0. The summed E-state index contributed by atoms with van der Waals surface area (Å²) in [4.78, 5) is 28.4. The maximum absolute atomic E-state index is 12.0. The number of nitrogens with zero attached hydrogens (tertiary/aromatic N) is 2. The third-order valence-electron chi connectivity index (χ3n) is 3.06. The predicted octanol–water partition coefficient (Wildman–Crippen LogP) is 0.905. The fraction of sp³-hybridized carbons (Fsp3) is 0.417. The topological polar surface area (TPSA) is 70.5 Å². The molecule has 1 aliphatic rings. The highest BCUT2D eigenvalue weighted by Crippen LogP contribution is 2.47. The van der Waals surface area contributed by atoms with E-state index in [1.807, 2.05) is 6.07 Å². The van der Waals surface area contributed by atoms with Gasteiger partial charge in [0.2, 0.25) is 5.91 Å². The Morgan fingerprint density at radius 2 is 2.24 bits per heavy atom. The highest BCUT2D eigenvalue weighted by atomic mass is 16.4. The first-order valence-electron chi connectivity index (χ1n) is 5.44. The van der Waals surface area contributed by atoms with Crippen molar-refractivity contribution in [1.29, 1.82) is 0 Å². The second-order valence-corrected chi connectivity index (χ2v) is 4.41. The Bertz CT molecular complexity index is 440. The van der Waals surface area contributed by atoms with E-state index in [0.717, 1.165) is 5.56 Å². The molecule has 0 saturated heterocycles. The third kappa shape index (κ3) is 2.13. The van der Waals surface area contributed by atoms with Gasteiger partial charge in [0.05, 0.1) is 0 Å². The molecule has 5 heteroatoms. The number of amides is 1. The summed E-state index contributed by atoms with van der Waals surface area (Å²) in [6.07, 6.45) is 4.21. The van der Waals surface area contributed by atoms with Crippen LogP contribution in [0.25, 0.3) is 0 Å². The Hall–Kier alpha value is -1.91. The highest BCUT2D eigenvalue weighted by Gasteiger charge is 2.58. The number of pyridine rings is 1. The lowest BCUT2D eigenvalue weighted by atomic mass is 10.1. The Morgan fingerprint density at radius 1 is 1.53 bits per heavy atom. The van der Waals surface area contributed by atoms with Gasteiger partial charge in [-0.1, -0.05) is 6.07 Å². The number of aromatic nitrogens is 1. The molecule has 1 aliphatic carbocycles. The van der Waals surface area contributed by atoms with Crippen LogP contribution in [0.15, 0.2) is 24.5 Å². The van der Waals surface area contributed by atoms with Crippen molar-refractivity contribution in [2.75, 3.05) is 7.05 Å². The number of hydrogen-bond acceptors (Lipinski definition) is 3. The van der Waals surface area contributed by atoms with Crippen LogP contribution in [-0.4, -0.2) is 33.9 Å². The molecule has 0 bridgehead atoms. The van der Waals surface area contributed by atoms with Crippen molar-refractivity contribution in [2.45, 2.75) is 19.4 Å². The minimum absolute atomic E-state index is 0.311. The number of carbonyl (C=O) groups is 2. The van der Waals surface area contributed by atoms with Gasteiger partial charge in [0.15, 0.2) is 0 Å².